The number of rotatable bonds is 6. The Labute approximate surface area is 170 Å². The smallest absolute Gasteiger partial charge is 0.225 e. The van der Waals surface area contributed by atoms with E-state index in [-0.39, 0.29) is 0 Å². The molecule has 28 heavy (non-hydrogen) atoms. The Hall–Kier alpha value is -2.51. The Morgan fingerprint density at radius 2 is 1.75 bits per heavy atom. The summed E-state index contributed by atoms with van der Waals surface area (Å²) in [6.45, 7) is 3.07. The standard InChI is InChI=1S/C21H25N5OS/c1-27-20-9-7-19(8-10-20)26-21(28)25(22-23-26)16-24-13-11-18(12-14-24)15-17-5-3-2-4-6-17/h2-10,18H,11-16H2,1H3/p+1. The van der Waals surface area contributed by atoms with Gasteiger partial charge < -0.3 is 9.64 Å². The number of methoxy groups -OCH3 is 1. The molecule has 2 heterocycles. The summed E-state index contributed by atoms with van der Waals surface area (Å²) in [5.74, 6) is 1.58. The molecule has 0 atom stereocenters. The molecular weight excluding hydrogens is 370 g/mol. The molecular formula is C21H26N5OS+. The van der Waals surface area contributed by atoms with E-state index in [1.165, 1.54) is 29.7 Å². The first-order chi connectivity index (χ1) is 13.7. The third-order valence-corrected chi connectivity index (χ3v) is 5.89. The first kappa shape index (κ1) is 18.8. The second kappa shape index (κ2) is 8.67. The molecule has 1 aromatic heterocycles. The van der Waals surface area contributed by atoms with E-state index in [1.54, 1.807) is 11.8 Å². The maximum atomic E-state index is 5.60. The van der Waals surface area contributed by atoms with E-state index < -0.39 is 0 Å². The molecule has 0 saturated carbocycles. The van der Waals surface area contributed by atoms with Gasteiger partial charge in [0.25, 0.3) is 0 Å². The first-order valence-electron chi connectivity index (χ1n) is 9.77. The van der Waals surface area contributed by atoms with E-state index in [1.807, 2.05) is 28.9 Å². The Kier molecular flexibility index (Phi) is 5.83. The van der Waals surface area contributed by atoms with Gasteiger partial charge in [-0.25, -0.2) is 0 Å². The lowest BCUT2D eigenvalue weighted by Gasteiger charge is -2.28. The molecule has 0 aliphatic carbocycles. The summed E-state index contributed by atoms with van der Waals surface area (Å²) < 4.78 is 9.38. The third kappa shape index (κ3) is 4.31. The molecule has 0 spiro atoms. The van der Waals surface area contributed by atoms with Crippen LogP contribution in [0.2, 0.25) is 0 Å². The second-order valence-electron chi connectivity index (χ2n) is 7.41. The van der Waals surface area contributed by atoms with Gasteiger partial charge in [-0.3, -0.25) is 0 Å². The summed E-state index contributed by atoms with van der Waals surface area (Å²) in [5, 5.41) is 8.54. The highest BCUT2D eigenvalue weighted by Crippen LogP contribution is 2.17. The van der Waals surface area contributed by atoms with Gasteiger partial charge in [0, 0.05) is 0 Å². The molecule has 1 aliphatic heterocycles. The number of benzene rings is 2. The Morgan fingerprint density at radius 1 is 1.04 bits per heavy atom. The van der Waals surface area contributed by atoms with Crippen LogP contribution < -0.4 is 9.64 Å². The lowest BCUT2D eigenvalue weighted by atomic mass is 9.90. The van der Waals surface area contributed by atoms with Gasteiger partial charge in [-0.1, -0.05) is 30.3 Å². The summed E-state index contributed by atoms with van der Waals surface area (Å²) in [4.78, 5) is 1.52. The zero-order chi connectivity index (χ0) is 19.3. The van der Waals surface area contributed by atoms with E-state index in [2.05, 4.69) is 40.8 Å². The number of quaternary nitrogens is 1. The summed E-state index contributed by atoms with van der Waals surface area (Å²) in [7, 11) is 1.66. The van der Waals surface area contributed by atoms with E-state index in [0.29, 0.717) is 4.77 Å². The van der Waals surface area contributed by atoms with Crippen LogP contribution in [-0.2, 0) is 13.1 Å². The largest absolute Gasteiger partial charge is 0.497 e. The second-order valence-corrected chi connectivity index (χ2v) is 7.78. The van der Waals surface area contributed by atoms with Crippen molar-refractivity contribution in [1.82, 2.24) is 19.8 Å². The molecule has 1 N–H and O–H groups in total. The van der Waals surface area contributed by atoms with Crippen molar-refractivity contribution in [3.05, 3.63) is 64.9 Å². The molecule has 1 fully saturated rings. The van der Waals surface area contributed by atoms with Crippen molar-refractivity contribution in [1.29, 1.82) is 0 Å². The van der Waals surface area contributed by atoms with Gasteiger partial charge in [0.2, 0.25) is 4.77 Å². The topological polar surface area (TPSA) is 49.3 Å². The van der Waals surface area contributed by atoms with Crippen molar-refractivity contribution >= 4 is 12.2 Å². The van der Waals surface area contributed by atoms with Crippen molar-refractivity contribution < 1.29 is 9.64 Å². The average molecular weight is 397 g/mol. The fourth-order valence-corrected chi connectivity index (χ4v) is 4.11. The summed E-state index contributed by atoms with van der Waals surface area (Å²) in [6, 6.07) is 18.5. The Bertz CT molecular complexity index is 943. The van der Waals surface area contributed by atoms with Gasteiger partial charge in [0.15, 0.2) is 6.67 Å². The van der Waals surface area contributed by atoms with Gasteiger partial charge in [-0.15, -0.1) is 0 Å². The lowest BCUT2D eigenvalue weighted by Crippen LogP contribution is -3.12. The van der Waals surface area contributed by atoms with Crippen LogP contribution in [0.25, 0.3) is 5.69 Å². The monoisotopic (exact) mass is 396 g/mol. The summed E-state index contributed by atoms with van der Waals surface area (Å²) in [5.41, 5.74) is 2.34. The number of tetrazole rings is 1. The molecule has 146 valence electrons. The number of likely N-dealkylation sites (tertiary alicyclic amines) is 1. The minimum Gasteiger partial charge on any atom is -0.497 e. The molecule has 7 heteroatoms. The van der Waals surface area contributed by atoms with Crippen LogP contribution in [0, 0.1) is 10.7 Å². The van der Waals surface area contributed by atoms with Crippen molar-refractivity contribution in [2.45, 2.75) is 25.9 Å². The minimum atomic E-state index is 0.629. The van der Waals surface area contributed by atoms with Crippen molar-refractivity contribution in [3.8, 4) is 11.4 Å². The zero-order valence-corrected chi connectivity index (χ0v) is 16.9. The van der Waals surface area contributed by atoms with Crippen LogP contribution in [-0.4, -0.2) is 40.0 Å². The molecule has 6 nitrogen and oxygen atoms in total. The normalized spacial score (nSPS) is 19.5. The van der Waals surface area contributed by atoms with Crippen LogP contribution in [0.15, 0.2) is 54.6 Å². The van der Waals surface area contributed by atoms with Gasteiger partial charge in [0.1, 0.15) is 5.75 Å². The number of ether oxygens (including phenoxy) is 1. The number of piperidine rings is 1. The van der Waals surface area contributed by atoms with Crippen molar-refractivity contribution in [3.63, 3.8) is 0 Å². The molecule has 4 rings (SSSR count). The highest BCUT2D eigenvalue weighted by atomic mass is 32.1. The fourth-order valence-electron chi connectivity index (χ4n) is 3.87. The molecule has 0 amide bonds. The molecule has 0 unspecified atom stereocenters. The SMILES string of the molecule is COc1ccc(-n2nnn(C[NH+]3CCC(Cc4ccccc4)CC3)c2=S)cc1. The zero-order valence-electron chi connectivity index (χ0n) is 16.1. The first-order valence-corrected chi connectivity index (χ1v) is 10.2. The maximum absolute atomic E-state index is 5.60. The Morgan fingerprint density at radius 3 is 2.43 bits per heavy atom. The molecule has 3 aromatic rings. The highest BCUT2D eigenvalue weighted by molar-refractivity contribution is 7.71. The van der Waals surface area contributed by atoms with Crippen LogP contribution in [0.5, 0.6) is 5.75 Å². The minimum absolute atomic E-state index is 0.629. The van der Waals surface area contributed by atoms with Gasteiger partial charge in [-0.2, -0.15) is 9.36 Å². The predicted molar refractivity (Wildman–Crippen MR) is 110 cm³/mol. The molecule has 0 bridgehead atoms. The van der Waals surface area contributed by atoms with Crippen LogP contribution in [0.4, 0.5) is 0 Å². The van der Waals surface area contributed by atoms with Crippen LogP contribution >= 0.6 is 12.2 Å². The van der Waals surface area contributed by atoms with Gasteiger partial charge >= 0.3 is 0 Å². The van der Waals surface area contributed by atoms with E-state index in [9.17, 15) is 0 Å². The summed E-state index contributed by atoms with van der Waals surface area (Å²) in [6.07, 6.45) is 3.66. The number of hydrogen-bond donors (Lipinski definition) is 1. The quantitative estimate of drug-likeness (QED) is 0.650. The molecule has 0 radical (unpaired) electrons. The average Bonchev–Trinajstić information content (AvgIpc) is 3.10. The maximum Gasteiger partial charge on any atom is 0.225 e. The molecule has 2 aromatic carbocycles. The van der Waals surface area contributed by atoms with E-state index in [0.717, 1.165) is 37.1 Å². The highest BCUT2D eigenvalue weighted by Gasteiger charge is 2.23. The number of nitrogens with zero attached hydrogens (tertiary/aromatic N) is 4. The van der Waals surface area contributed by atoms with Crippen LogP contribution in [0.1, 0.15) is 18.4 Å². The van der Waals surface area contributed by atoms with E-state index >= 15 is 0 Å². The third-order valence-electron chi connectivity index (χ3n) is 5.51. The van der Waals surface area contributed by atoms with E-state index in [4.69, 9.17) is 17.0 Å². The molecule has 1 aliphatic rings. The molecule has 1 saturated heterocycles. The van der Waals surface area contributed by atoms with Crippen molar-refractivity contribution in [2.75, 3.05) is 20.2 Å². The van der Waals surface area contributed by atoms with Crippen molar-refractivity contribution in [2.24, 2.45) is 5.92 Å². The number of nitrogens with one attached hydrogen (secondary N) is 1. The van der Waals surface area contributed by atoms with Crippen LogP contribution in [0.3, 0.4) is 0 Å². The van der Waals surface area contributed by atoms with Gasteiger partial charge in [0.05, 0.1) is 25.9 Å². The number of aromatic nitrogens is 4. The predicted octanol–water partition coefficient (Wildman–Crippen LogP) is 2.30. The number of hydrogen-bond acceptors (Lipinski definition) is 4. The lowest BCUT2D eigenvalue weighted by molar-refractivity contribution is -0.929. The fraction of sp³-hybridized carbons (Fsp3) is 0.381. The van der Waals surface area contributed by atoms with Gasteiger partial charge in [-0.05, 0) is 77.7 Å². The Balaban J connectivity index is 1.35. The summed E-state index contributed by atoms with van der Waals surface area (Å²) >= 11 is 5.60.